The number of fused-ring (bicyclic) bond motifs is 2. The van der Waals surface area contributed by atoms with Crippen LogP contribution < -0.4 is 10.1 Å². The summed E-state index contributed by atoms with van der Waals surface area (Å²) in [5, 5.41) is 8.32. The maximum Gasteiger partial charge on any atom is 0.226 e. The molecular weight excluding hydrogens is 384 g/mol. The zero-order valence-corrected chi connectivity index (χ0v) is 16.8. The van der Waals surface area contributed by atoms with Gasteiger partial charge in [0.2, 0.25) is 11.0 Å². The number of carbonyl (C=O) groups is 1. The number of amides is 1. The van der Waals surface area contributed by atoms with Crippen molar-refractivity contribution in [3.05, 3.63) is 65.9 Å². The Kier molecular flexibility index (Phi) is 4.52. The molecule has 2 aromatic carbocycles. The van der Waals surface area contributed by atoms with Crippen LogP contribution in [0.4, 0.5) is 5.82 Å². The first-order chi connectivity index (χ1) is 14.2. The molecule has 1 atom stereocenters. The highest BCUT2D eigenvalue weighted by Gasteiger charge is 2.32. The lowest BCUT2D eigenvalue weighted by Crippen LogP contribution is -2.25. The molecule has 0 spiro atoms. The summed E-state index contributed by atoms with van der Waals surface area (Å²) in [6, 6.07) is 15.9. The molecule has 1 amide bonds. The quantitative estimate of drug-likeness (QED) is 0.521. The van der Waals surface area contributed by atoms with Crippen molar-refractivity contribution in [1.82, 2.24) is 14.8 Å². The van der Waals surface area contributed by atoms with E-state index in [0.717, 1.165) is 38.6 Å². The van der Waals surface area contributed by atoms with E-state index in [1.165, 1.54) is 0 Å². The van der Waals surface area contributed by atoms with E-state index in [2.05, 4.69) is 22.3 Å². The predicted octanol–water partition coefficient (Wildman–Crippen LogP) is 4.74. The van der Waals surface area contributed by atoms with Crippen molar-refractivity contribution in [3.63, 3.8) is 0 Å². The van der Waals surface area contributed by atoms with E-state index >= 15 is 0 Å². The number of rotatable bonds is 5. The van der Waals surface area contributed by atoms with Crippen LogP contribution in [0.2, 0.25) is 0 Å². The van der Waals surface area contributed by atoms with Gasteiger partial charge in [-0.2, -0.15) is 9.78 Å². The molecule has 4 aromatic rings. The van der Waals surface area contributed by atoms with E-state index in [-0.39, 0.29) is 11.8 Å². The van der Waals surface area contributed by atoms with Gasteiger partial charge in [0.15, 0.2) is 0 Å². The van der Waals surface area contributed by atoms with Crippen LogP contribution in [-0.4, -0.2) is 27.3 Å². The van der Waals surface area contributed by atoms with Crippen molar-refractivity contribution in [2.45, 2.75) is 25.7 Å². The fourth-order valence-electron chi connectivity index (χ4n) is 3.70. The molecule has 0 aliphatic carbocycles. The average molecular weight is 404 g/mol. The molecular formula is C22H20N4O2S. The van der Waals surface area contributed by atoms with Crippen molar-refractivity contribution in [2.75, 3.05) is 11.9 Å². The lowest BCUT2D eigenvalue weighted by atomic mass is 9.87. The van der Waals surface area contributed by atoms with E-state index in [4.69, 9.17) is 4.74 Å². The zero-order chi connectivity index (χ0) is 19.8. The largest absolute Gasteiger partial charge is 0.493 e. The molecule has 2 aromatic heterocycles. The van der Waals surface area contributed by atoms with Gasteiger partial charge >= 0.3 is 0 Å². The SMILES string of the molecule is CCCOc1ccccc1[C@H]1CC(=O)Nc2c1cnn2-c1nc2ccccc2s1. The minimum atomic E-state index is -0.102. The normalized spacial score (nSPS) is 15.9. The Bertz CT molecular complexity index is 1160. The van der Waals surface area contributed by atoms with E-state index in [9.17, 15) is 4.79 Å². The topological polar surface area (TPSA) is 69.0 Å². The molecule has 0 saturated heterocycles. The van der Waals surface area contributed by atoms with Crippen molar-refractivity contribution in [1.29, 1.82) is 0 Å². The summed E-state index contributed by atoms with van der Waals surface area (Å²) in [4.78, 5) is 17.3. The van der Waals surface area contributed by atoms with Gasteiger partial charge < -0.3 is 10.1 Å². The Hall–Kier alpha value is -3.19. The highest BCUT2D eigenvalue weighted by molar-refractivity contribution is 7.20. The number of nitrogens with one attached hydrogen (secondary N) is 1. The van der Waals surface area contributed by atoms with E-state index in [1.807, 2.05) is 54.7 Å². The predicted molar refractivity (Wildman–Crippen MR) is 114 cm³/mol. The molecule has 29 heavy (non-hydrogen) atoms. The number of thiazole rings is 1. The summed E-state index contributed by atoms with van der Waals surface area (Å²) in [5.74, 6) is 1.38. The minimum Gasteiger partial charge on any atom is -0.493 e. The molecule has 5 rings (SSSR count). The van der Waals surface area contributed by atoms with E-state index < -0.39 is 0 Å². The molecule has 0 bridgehead atoms. The number of hydrogen-bond donors (Lipinski definition) is 1. The van der Waals surface area contributed by atoms with Crippen LogP contribution in [0.1, 0.15) is 36.8 Å². The van der Waals surface area contributed by atoms with Gasteiger partial charge in [-0.1, -0.05) is 48.6 Å². The number of nitrogens with zero attached hydrogens (tertiary/aromatic N) is 3. The molecule has 1 N–H and O–H groups in total. The Morgan fingerprint density at radius 1 is 1.17 bits per heavy atom. The van der Waals surface area contributed by atoms with Crippen LogP contribution >= 0.6 is 11.3 Å². The van der Waals surface area contributed by atoms with Crippen LogP contribution in [0, 0.1) is 0 Å². The molecule has 1 aliphatic rings. The highest BCUT2D eigenvalue weighted by atomic mass is 32.1. The van der Waals surface area contributed by atoms with Crippen LogP contribution in [0.15, 0.2) is 54.7 Å². The fourth-order valence-corrected chi connectivity index (χ4v) is 4.64. The van der Waals surface area contributed by atoms with Crippen LogP contribution in [0.3, 0.4) is 0 Å². The third-order valence-corrected chi connectivity index (χ3v) is 6.05. The second-order valence-corrected chi connectivity index (χ2v) is 8.02. The summed E-state index contributed by atoms with van der Waals surface area (Å²) in [6.07, 6.45) is 3.13. The minimum absolute atomic E-state index is 0.0318. The first-order valence-corrected chi connectivity index (χ1v) is 10.5. The van der Waals surface area contributed by atoms with Crippen molar-refractivity contribution < 1.29 is 9.53 Å². The summed E-state index contributed by atoms with van der Waals surface area (Å²) in [6.45, 7) is 2.73. The van der Waals surface area contributed by atoms with Gasteiger partial charge in [0.1, 0.15) is 11.6 Å². The van der Waals surface area contributed by atoms with Crippen molar-refractivity contribution in [3.8, 4) is 10.9 Å². The van der Waals surface area contributed by atoms with Gasteiger partial charge in [-0.25, -0.2) is 4.98 Å². The summed E-state index contributed by atoms with van der Waals surface area (Å²) >= 11 is 1.55. The van der Waals surface area contributed by atoms with Gasteiger partial charge in [-0.15, -0.1) is 0 Å². The Morgan fingerprint density at radius 2 is 2.00 bits per heavy atom. The van der Waals surface area contributed by atoms with Crippen LogP contribution in [0.5, 0.6) is 5.75 Å². The van der Waals surface area contributed by atoms with Gasteiger partial charge in [-0.05, 0) is 24.6 Å². The number of hydrogen-bond acceptors (Lipinski definition) is 5. The molecule has 3 heterocycles. The monoisotopic (exact) mass is 404 g/mol. The smallest absolute Gasteiger partial charge is 0.226 e. The van der Waals surface area contributed by atoms with Gasteiger partial charge in [-0.3, -0.25) is 4.79 Å². The highest BCUT2D eigenvalue weighted by Crippen LogP contribution is 2.42. The van der Waals surface area contributed by atoms with Gasteiger partial charge in [0, 0.05) is 23.5 Å². The summed E-state index contributed by atoms with van der Waals surface area (Å²) < 4.78 is 8.77. The Morgan fingerprint density at radius 3 is 2.86 bits per heavy atom. The summed E-state index contributed by atoms with van der Waals surface area (Å²) in [5.41, 5.74) is 2.92. The number of aromatic nitrogens is 3. The van der Waals surface area contributed by atoms with E-state index in [0.29, 0.717) is 18.8 Å². The zero-order valence-electron chi connectivity index (χ0n) is 16.0. The number of anilines is 1. The van der Waals surface area contributed by atoms with Crippen LogP contribution in [-0.2, 0) is 4.79 Å². The molecule has 0 radical (unpaired) electrons. The van der Waals surface area contributed by atoms with Crippen molar-refractivity contribution in [2.24, 2.45) is 0 Å². The molecule has 1 aliphatic heterocycles. The third-order valence-electron chi connectivity index (χ3n) is 5.04. The molecule has 0 saturated carbocycles. The molecule has 0 fully saturated rings. The number of carbonyl (C=O) groups excluding carboxylic acids is 1. The third kappa shape index (κ3) is 3.17. The second-order valence-electron chi connectivity index (χ2n) is 7.02. The first kappa shape index (κ1) is 17.9. The number of ether oxygens (including phenoxy) is 1. The maximum atomic E-state index is 12.6. The lowest BCUT2D eigenvalue weighted by Gasteiger charge is -2.25. The molecule has 7 heteroatoms. The van der Waals surface area contributed by atoms with Gasteiger partial charge in [0.05, 0.1) is 23.0 Å². The van der Waals surface area contributed by atoms with Crippen molar-refractivity contribution >= 4 is 33.3 Å². The Labute approximate surface area is 172 Å². The lowest BCUT2D eigenvalue weighted by molar-refractivity contribution is -0.116. The fraction of sp³-hybridized carbons (Fsp3) is 0.227. The average Bonchev–Trinajstić information content (AvgIpc) is 3.35. The molecule has 0 unspecified atom stereocenters. The first-order valence-electron chi connectivity index (χ1n) is 9.70. The molecule has 6 nitrogen and oxygen atoms in total. The number of para-hydroxylation sites is 2. The number of benzene rings is 2. The van der Waals surface area contributed by atoms with Crippen LogP contribution in [0.25, 0.3) is 15.3 Å². The summed E-state index contributed by atoms with van der Waals surface area (Å²) in [7, 11) is 0. The maximum absolute atomic E-state index is 12.6. The Balaban J connectivity index is 1.59. The van der Waals surface area contributed by atoms with Gasteiger partial charge in [0.25, 0.3) is 0 Å². The second kappa shape index (κ2) is 7.33. The molecule has 146 valence electrons. The standard InChI is InChI=1S/C22H20N4O2S/c1-2-11-28-18-9-5-3-7-14(18)15-12-20(27)25-21-16(15)13-23-26(21)22-24-17-8-4-6-10-19(17)29-22/h3-10,13,15H,2,11-12H2,1H3,(H,25,27)/t15-/m1/s1. The van der Waals surface area contributed by atoms with E-state index in [1.54, 1.807) is 16.0 Å².